The van der Waals surface area contributed by atoms with Crippen molar-refractivity contribution in [1.82, 2.24) is 15.3 Å². The molecule has 3 N–H and O–H groups in total. The average molecular weight is 443 g/mol. The molecule has 0 saturated carbocycles. The topological polar surface area (TPSA) is 104 Å². The lowest BCUT2D eigenvalue weighted by Gasteiger charge is -2.07. The van der Waals surface area contributed by atoms with Crippen LogP contribution in [0.5, 0.6) is 0 Å². The molecule has 0 fully saturated rings. The molecule has 2 amide bonds. The molecule has 3 aromatic rings. The van der Waals surface area contributed by atoms with Gasteiger partial charge in [0.1, 0.15) is 0 Å². The van der Waals surface area contributed by atoms with E-state index in [-0.39, 0.29) is 29.5 Å². The average Bonchev–Trinajstić information content (AvgIpc) is 3.25. The van der Waals surface area contributed by atoms with Gasteiger partial charge in [0.25, 0.3) is 5.56 Å². The van der Waals surface area contributed by atoms with Crippen molar-refractivity contribution in [2.45, 2.75) is 31.5 Å². The van der Waals surface area contributed by atoms with Gasteiger partial charge in [-0.15, -0.1) is 11.3 Å². The number of carbonyl (C=O) groups excluding carboxylic acids is 2. The van der Waals surface area contributed by atoms with Gasteiger partial charge in [-0.3, -0.25) is 14.4 Å². The minimum atomic E-state index is -0.357. The van der Waals surface area contributed by atoms with Crippen LogP contribution in [0.4, 0.5) is 5.69 Å². The van der Waals surface area contributed by atoms with Crippen molar-refractivity contribution < 1.29 is 9.59 Å². The largest absolute Gasteiger partial charge is 0.351 e. The molecule has 3 rings (SSSR count). The molecule has 156 valence electrons. The Kier molecular flexibility index (Phi) is 7.81. The van der Waals surface area contributed by atoms with Gasteiger partial charge in [-0.2, -0.15) is 0 Å². The van der Waals surface area contributed by atoms with Gasteiger partial charge in [0.05, 0.1) is 24.4 Å². The number of H-pyrrole nitrogens is 1. The van der Waals surface area contributed by atoms with Crippen molar-refractivity contribution in [2.24, 2.45) is 0 Å². The van der Waals surface area contributed by atoms with E-state index in [2.05, 4.69) is 27.5 Å². The highest BCUT2D eigenvalue weighted by atomic mass is 32.2. The van der Waals surface area contributed by atoms with Gasteiger partial charge >= 0.3 is 0 Å². The zero-order valence-corrected chi connectivity index (χ0v) is 18.1. The molecule has 0 aliphatic carbocycles. The third-order valence-electron chi connectivity index (χ3n) is 4.14. The summed E-state index contributed by atoms with van der Waals surface area (Å²) in [6.07, 6.45) is 0.935. The first kappa shape index (κ1) is 21.8. The van der Waals surface area contributed by atoms with Gasteiger partial charge in [0.2, 0.25) is 11.8 Å². The number of nitrogens with zero attached hydrogens (tertiary/aromatic N) is 1. The molecule has 0 radical (unpaired) electrons. The summed E-state index contributed by atoms with van der Waals surface area (Å²) in [6.45, 7) is 2.51. The normalized spacial score (nSPS) is 10.6. The summed E-state index contributed by atoms with van der Waals surface area (Å²) in [5.41, 5.74) is 1.92. The second kappa shape index (κ2) is 10.7. The third-order valence-corrected chi connectivity index (χ3v) is 5.89. The zero-order valence-electron chi connectivity index (χ0n) is 16.4. The van der Waals surface area contributed by atoms with Crippen LogP contribution in [0.15, 0.2) is 57.8 Å². The van der Waals surface area contributed by atoms with Gasteiger partial charge in [-0.05, 0) is 35.6 Å². The van der Waals surface area contributed by atoms with Crippen LogP contribution in [0.1, 0.15) is 23.1 Å². The standard InChI is InChI=1S/C21H22N4O3S2/c1-2-14-5-7-15(8-6-14)23-20(28)13-30-21-24-16(11-19(27)25-21)10-18(26)22-12-17-4-3-9-29-17/h3-9,11H,2,10,12-13H2,1H3,(H,22,26)(H,23,28)(H,24,25,27). The van der Waals surface area contributed by atoms with Gasteiger partial charge in [-0.25, -0.2) is 4.98 Å². The SMILES string of the molecule is CCc1ccc(NC(=O)CSc2nc(CC(=O)NCc3cccs3)cc(=O)[nH]2)cc1. The molecule has 7 nitrogen and oxygen atoms in total. The summed E-state index contributed by atoms with van der Waals surface area (Å²) in [5, 5.41) is 7.87. The molecule has 0 aliphatic heterocycles. The van der Waals surface area contributed by atoms with Gasteiger partial charge in [0.15, 0.2) is 5.16 Å². The molecular formula is C21H22N4O3S2. The Balaban J connectivity index is 1.51. The van der Waals surface area contributed by atoms with E-state index in [1.165, 1.54) is 11.6 Å². The molecule has 1 aromatic carbocycles. The van der Waals surface area contributed by atoms with Crippen LogP contribution in [0, 0.1) is 0 Å². The molecule has 30 heavy (non-hydrogen) atoms. The quantitative estimate of drug-likeness (QED) is 0.349. The van der Waals surface area contributed by atoms with Crippen LogP contribution in [0.3, 0.4) is 0 Å². The highest BCUT2D eigenvalue weighted by molar-refractivity contribution is 7.99. The fourth-order valence-corrected chi connectivity index (χ4v) is 3.96. The van der Waals surface area contributed by atoms with E-state index < -0.39 is 0 Å². The summed E-state index contributed by atoms with van der Waals surface area (Å²) in [7, 11) is 0. The number of aromatic nitrogens is 2. The number of rotatable bonds is 9. The first-order valence-corrected chi connectivity index (χ1v) is 11.3. The van der Waals surface area contributed by atoms with E-state index >= 15 is 0 Å². The number of thioether (sulfide) groups is 1. The van der Waals surface area contributed by atoms with E-state index in [9.17, 15) is 14.4 Å². The minimum Gasteiger partial charge on any atom is -0.351 e. The number of nitrogens with one attached hydrogen (secondary N) is 3. The third kappa shape index (κ3) is 6.85. The maximum atomic E-state index is 12.2. The first-order chi connectivity index (χ1) is 14.5. The predicted octanol–water partition coefficient (Wildman–Crippen LogP) is 2.98. The van der Waals surface area contributed by atoms with Crippen molar-refractivity contribution in [2.75, 3.05) is 11.1 Å². The van der Waals surface area contributed by atoms with Crippen molar-refractivity contribution in [3.63, 3.8) is 0 Å². The second-order valence-electron chi connectivity index (χ2n) is 6.46. The molecule has 0 atom stereocenters. The number of anilines is 1. The predicted molar refractivity (Wildman–Crippen MR) is 120 cm³/mol. The fourth-order valence-electron chi connectivity index (χ4n) is 2.62. The smallest absolute Gasteiger partial charge is 0.251 e. The lowest BCUT2D eigenvalue weighted by molar-refractivity contribution is -0.120. The fraction of sp³-hybridized carbons (Fsp3) is 0.238. The highest BCUT2D eigenvalue weighted by Crippen LogP contribution is 2.14. The number of carbonyl (C=O) groups is 2. The molecule has 0 unspecified atom stereocenters. The van der Waals surface area contributed by atoms with Crippen molar-refractivity contribution >= 4 is 40.6 Å². The number of amides is 2. The second-order valence-corrected chi connectivity index (χ2v) is 8.46. The van der Waals surface area contributed by atoms with Crippen LogP contribution in [-0.2, 0) is 29.0 Å². The van der Waals surface area contributed by atoms with E-state index in [0.717, 1.165) is 28.7 Å². The van der Waals surface area contributed by atoms with Crippen LogP contribution in [0.2, 0.25) is 0 Å². The lowest BCUT2D eigenvalue weighted by atomic mass is 10.1. The molecule has 0 aliphatic rings. The Morgan fingerprint density at radius 3 is 2.67 bits per heavy atom. The Hall–Kier alpha value is -2.91. The molecule has 0 spiro atoms. The molecule has 9 heteroatoms. The Morgan fingerprint density at radius 1 is 1.17 bits per heavy atom. The number of aryl methyl sites for hydroxylation is 1. The summed E-state index contributed by atoms with van der Waals surface area (Å²) in [5.74, 6) is -0.330. The number of thiophene rings is 1. The molecular weight excluding hydrogens is 420 g/mol. The molecule has 0 bridgehead atoms. The first-order valence-electron chi connectivity index (χ1n) is 9.42. The number of hydrogen-bond acceptors (Lipinski definition) is 6. The number of aromatic amines is 1. The van der Waals surface area contributed by atoms with Crippen LogP contribution in [-0.4, -0.2) is 27.5 Å². The van der Waals surface area contributed by atoms with Gasteiger partial charge in [-0.1, -0.05) is 36.9 Å². The molecule has 2 heterocycles. The van der Waals surface area contributed by atoms with E-state index in [1.807, 2.05) is 41.8 Å². The highest BCUT2D eigenvalue weighted by Gasteiger charge is 2.10. The lowest BCUT2D eigenvalue weighted by Crippen LogP contribution is -2.25. The maximum Gasteiger partial charge on any atom is 0.251 e. The number of benzene rings is 1. The zero-order chi connectivity index (χ0) is 21.3. The summed E-state index contributed by atoms with van der Waals surface area (Å²) in [6, 6.07) is 12.8. The van der Waals surface area contributed by atoms with E-state index in [4.69, 9.17) is 0 Å². The van der Waals surface area contributed by atoms with Gasteiger partial charge < -0.3 is 15.6 Å². The van der Waals surface area contributed by atoms with E-state index in [1.54, 1.807) is 11.3 Å². The monoisotopic (exact) mass is 442 g/mol. The van der Waals surface area contributed by atoms with Crippen molar-refractivity contribution in [3.8, 4) is 0 Å². The molecule has 0 saturated heterocycles. The Bertz CT molecular complexity index is 1050. The van der Waals surface area contributed by atoms with E-state index in [0.29, 0.717) is 17.4 Å². The molecule has 2 aromatic heterocycles. The Morgan fingerprint density at radius 2 is 1.97 bits per heavy atom. The van der Waals surface area contributed by atoms with Crippen molar-refractivity contribution in [1.29, 1.82) is 0 Å². The van der Waals surface area contributed by atoms with Crippen LogP contribution in [0.25, 0.3) is 0 Å². The van der Waals surface area contributed by atoms with Crippen molar-refractivity contribution in [3.05, 3.63) is 74.3 Å². The Labute approximate surface area is 182 Å². The van der Waals surface area contributed by atoms with Crippen LogP contribution < -0.4 is 16.2 Å². The summed E-state index contributed by atoms with van der Waals surface area (Å²) < 4.78 is 0. The summed E-state index contributed by atoms with van der Waals surface area (Å²) in [4.78, 5) is 44.1. The minimum absolute atomic E-state index is 0.00116. The maximum absolute atomic E-state index is 12.2. The van der Waals surface area contributed by atoms with Crippen LogP contribution >= 0.6 is 23.1 Å². The summed E-state index contributed by atoms with van der Waals surface area (Å²) >= 11 is 2.67. The number of hydrogen-bond donors (Lipinski definition) is 3. The van der Waals surface area contributed by atoms with Gasteiger partial charge in [0, 0.05) is 16.6 Å².